The van der Waals surface area contributed by atoms with Crippen LogP contribution < -0.4 is 0 Å². The third-order valence-corrected chi connectivity index (χ3v) is 4.48. The minimum absolute atomic E-state index is 0.940. The van der Waals surface area contributed by atoms with Crippen molar-refractivity contribution in [1.82, 2.24) is 19.9 Å². The number of aromatic amines is 2. The maximum Gasteiger partial charge on any atom is 0.0687 e. The summed E-state index contributed by atoms with van der Waals surface area (Å²) in [5.74, 6) is 0. The molecule has 0 spiro atoms. The second-order valence-electron chi connectivity index (χ2n) is 6.30. The van der Waals surface area contributed by atoms with Crippen LogP contribution in [0.25, 0.3) is 46.4 Å². The molecule has 0 aromatic carbocycles. The van der Waals surface area contributed by atoms with Crippen LogP contribution in [0.4, 0.5) is 0 Å². The largest absolute Gasteiger partial charge is 0.355 e. The van der Waals surface area contributed by atoms with Gasteiger partial charge in [-0.15, -0.1) is 0 Å². The Morgan fingerprint density at radius 3 is 1.92 bits per heavy atom. The SMILES string of the molecule is Cc1c2nc(cc3ccc(cc4nc(cc5ccc1[nH]5)C=C4)[nH]3)C=C2. The molecule has 4 heteroatoms. The molecule has 0 fully saturated rings. The first kappa shape index (κ1) is 14.0. The van der Waals surface area contributed by atoms with Gasteiger partial charge in [-0.3, -0.25) is 0 Å². The second-order valence-corrected chi connectivity index (χ2v) is 6.30. The summed E-state index contributed by atoms with van der Waals surface area (Å²) in [6.07, 6.45) is 8.16. The van der Waals surface area contributed by atoms with Crippen LogP contribution >= 0.6 is 0 Å². The van der Waals surface area contributed by atoms with Crippen LogP contribution in [0.15, 0.2) is 42.5 Å². The fourth-order valence-corrected chi connectivity index (χ4v) is 3.15. The van der Waals surface area contributed by atoms with Crippen molar-refractivity contribution >= 4 is 46.4 Å². The number of aromatic nitrogens is 4. The molecule has 25 heavy (non-hydrogen) atoms. The number of aryl methyl sites for hydroxylation is 1. The van der Waals surface area contributed by atoms with E-state index in [9.17, 15) is 0 Å². The van der Waals surface area contributed by atoms with Crippen molar-refractivity contribution in [1.29, 1.82) is 0 Å². The van der Waals surface area contributed by atoms with Gasteiger partial charge in [-0.05, 0) is 79.3 Å². The molecular weight excluding hydrogens is 308 g/mol. The predicted octanol–water partition coefficient (Wildman–Crippen LogP) is 4.96. The van der Waals surface area contributed by atoms with Crippen molar-refractivity contribution in [2.75, 3.05) is 0 Å². The van der Waals surface area contributed by atoms with Gasteiger partial charge in [-0.2, -0.15) is 0 Å². The standard InChI is InChI=1S/C21H16N4/c1-13-20-8-6-18(24-20)11-16-4-2-14(22-16)10-15-3-5-17(23-15)12-19-7-9-21(13)25-19/h2-12,22,25H,1H3. The summed E-state index contributed by atoms with van der Waals surface area (Å²) in [6, 6.07) is 14.4. The van der Waals surface area contributed by atoms with E-state index in [0.29, 0.717) is 0 Å². The van der Waals surface area contributed by atoms with E-state index in [-0.39, 0.29) is 0 Å². The summed E-state index contributed by atoms with van der Waals surface area (Å²) < 4.78 is 0. The zero-order valence-electron chi connectivity index (χ0n) is 13.7. The fourth-order valence-electron chi connectivity index (χ4n) is 3.15. The lowest BCUT2D eigenvalue weighted by Crippen LogP contribution is -1.81. The Labute approximate surface area is 144 Å². The van der Waals surface area contributed by atoms with Crippen LogP contribution in [0.2, 0.25) is 0 Å². The molecule has 3 aromatic heterocycles. The van der Waals surface area contributed by atoms with Gasteiger partial charge in [0.15, 0.2) is 0 Å². The minimum Gasteiger partial charge on any atom is -0.355 e. The van der Waals surface area contributed by atoms with Crippen molar-refractivity contribution in [2.45, 2.75) is 6.92 Å². The van der Waals surface area contributed by atoms with Crippen LogP contribution in [-0.4, -0.2) is 19.9 Å². The van der Waals surface area contributed by atoms with E-state index < -0.39 is 0 Å². The molecule has 3 aromatic rings. The third-order valence-electron chi connectivity index (χ3n) is 4.48. The maximum absolute atomic E-state index is 4.73. The zero-order chi connectivity index (χ0) is 16.8. The Bertz CT molecular complexity index is 1210. The Kier molecular flexibility index (Phi) is 2.97. The Morgan fingerprint density at radius 2 is 1.20 bits per heavy atom. The first-order valence-corrected chi connectivity index (χ1v) is 8.27. The highest BCUT2D eigenvalue weighted by atomic mass is 14.8. The van der Waals surface area contributed by atoms with E-state index in [4.69, 9.17) is 4.98 Å². The maximum atomic E-state index is 4.73. The fraction of sp³-hybridized carbons (Fsp3) is 0.0476. The second kappa shape index (κ2) is 5.31. The average molecular weight is 324 g/mol. The number of hydrogen-bond donors (Lipinski definition) is 2. The van der Waals surface area contributed by atoms with E-state index in [1.807, 2.05) is 24.3 Å². The molecule has 2 aliphatic heterocycles. The van der Waals surface area contributed by atoms with Crippen molar-refractivity contribution in [3.63, 3.8) is 0 Å². The molecular formula is C21H16N4. The van der Waals surface area contributed by atoms with Crippen molar-refractivity contribution < 1.29 is 0 Å². The van der Waals surface area contributed by atoms with Crippen molar-refractivity contribution in [3.8, 4) is 0 Å². The van der Waals surface area contributed by atoms with Gasteiger partial charge in [0.05, 0.1) is 22.8 Å². The number of hydrogen-bond acceptors (Lipinski definition) is 2. The summed E-state index contributed by atoms with van der Waals surface area (Å²) in [4.78, 5) is 16.2. The smallest absolute Gasteiger partial charge is 0.0687 e. The number of H-pyrrole nitrogens is 2. The van der Waals surface area contributed by atoms with Gasteiger partial charge in [0.1, 0.15) is 0 Å². The first-order chi connectivity index (χ1) is 12.2. The number of rotatable bonds is 0. The molecule has 0 saturated heterocycles. The molecule has 2 N–H and O–H groups in total. The lowest BCUT2D eigenvalue weighted by atomic mass is 10.2. The molecule has 120 valence electrons. The molecule has 0 saturated carbocycles. The minimum atomic E-state index is 0.940. The highest BCUT2D eigenvalue weighted by Crippen LogP contribution is 2.20. The summed E-state index contributed by atoms with van der Waals surface area (Å²) in [5, 5.41) is 0. The van der Waals surface area contributed by atoms with Gasteiger partial charge in [-0.25, -0.2) is 9.97 Å². The molecule has 5 rings (SSSR count). The predicted molar refractivity (Wildman–Crippen MR) is 104 cm³/mol. The summed E-state index contributed by atoms with van der Waals surface area (Å²) in [6.45, 7) is 2.09. The molecule has 0 atom stereocenters. The summed E-state index contributed by atoms with van der Waals surface area (Å²) >= 11 is 0. The number of nitrogens with zero attached hydrogens (tertiary/aromatic N) is 2. The topological polar surface area (TPSA) is 57.4 Å². The quantitative estimate of drug-likeness (QED) is 0.423. The molecule has 4 nitrogen and oxygen atoms in total. The van der Waals surface area contributed by atoms with Crippen molar-refractivity contribution in [3.05, 3.63) is 70.8 Å². The first-order valence-electron chi connectivity index (χ1n) is 8.27. The van der Waals surface area contributed by atoms with Gasteiger partial charge in [0.2, 0.25) is 0 Å². The molecule has 8 bridgehead atoms. The molecule has 2 aliphatic rings. The van der Waals surface area contributed by atoms with Crippen LogP contribution in [-0.2, 0) is 0 Å². The van der Waals surface area contributed by atoms with Gasteiger partial charge < -0.3 is 9.97 Å². The van der Waals surface area contributed by atoms with Crippen molar-refractivity contribution in [2.24, 2.45) is 0 Å². The van der Waals surface area contributed by atoms with E-state index in [1.54, 1.807) is 0 Å². The van der Waals surface area contributed by atoms with E-state index in [2.05, 4.69) is 64.3 Å². The van der Waals surface area contributed by atoms with Crippen LogP contribution in [0.3, 0.4) is 0 Å². The van der Waals surface area contributed by atoms with Crippen LogP contribution in [0, 0.1) is 6.92 Å². The monoisotopic (exact) mass is 324 g/mol. The molecule has 5 heterocycles. The summed E-state index contributed by atoms with van der Waals surface area (Å²) in [5.41, 5.74) is 9.10. The van der Waals surface area contributed by atoms with E-state index >= 15 is 0 Å². The number of fused-ring (bicyclic) bond motifs is 8. The van der Waals surface area contributed by atoms with E-state index in [0.717, 1.165) is 50.4 Å². The molecule has 0 unspecified atom stereocenters. The lowest BCUT2D eigenvalue weighted by molar-refractivity contribution is 1.27. The highest BCUT2D eigenvalue weighted by Gasteiger charge is 2.04. The lowest BCUT2D eigenvalue weighted by Gasteiger charge is -1.92. The Morgan fingerprint density at radius 1 is 0.640 bits per heavy atom. The Balaban J connectivity index is 1.88. The van der Waals surface area contributed by atoms with Gasteiger partial charge in [-0.1, -0.05) is 0 Å². The molecule has 0 aliphatic carbocycles. The average Bonchev–Trinajstić information content (AvgIpc) is 3.36. The molecule has 0 radical (unpaired) electrons. The highest BCUT2D eigenvalue weighted by molar-refractivity contribution is 5.79. The van der Waals surface area contributed by atoms with Gasteiger partial charge in [0.25, 0.3) is 0 Å². The third kappa shape index (κ3) is 2.58. The molecule has 0 amide bonds. The Hall–Kier alpha value is -3.40. The van der Waals surface area contributed by atoms with Gasteiger partial charge >= 0.3 is 0 Å². The van der Waals surface area contributed by atoms with Crippen LogP contribution in [0.5, 0.6) is 0 Å². The number of nitrogens with one attached hydrogen (secondary N) is 2. The summed E-state index contributed by atoms with van der Waals surface area (Å²) in [7, 11) is 0. The zero-order valence-corrected chi connectivity index (χ0v) is 13.7. The van der Waals surface area contributed by atoms with Crippen LogP contribution in [0.1, 0.15) is 28.3 Å². The van der Waals surface area contributed by atoms with Gasteiger partial charge in [0, 0.05) is 22.1 Å². The normalized spacial score (nSPS) is 12.7. The van der Waals surface area contributed by atoms with E-state index in [1.165, 1.54) is 0 Å².